The number of carbonyl (C=O) groups excluding carboxylic acids is 1. The lowest BCUT2D eigenvalue weighted by Crippen LogP contribution is -2.41. The van der Waals surface area contributed by atoms with Crippen LogP contribution >= 0.6 is 0 Å². The van der Waals surface area contributed by atoms with Gasteiger partial charge in [-0.25, -0.2) is 9.78 Å². The van der Waals surface area contributed by atoms with Crippen molar-refractivity contribution in [2.24, 2.45) is 0 Å². The van der Waals surface area contributed by atoms with Crippen LogP contribution < -0.4 is 20.7 Å². The zero-order valence-corrected chi connectivity index (χ0v) is 19.1. The van der Waals surface area contributed by atoms with Crippen LogP contribution in [0.5, 0.6) is 5.75 Å². The number of rotatable bonds is 5. The third-order valence-corrected chi connectivity index (χ3v) is 6.55. The van der Waals surface area contributed by atoms with E-state index in [0.717, 1.165) is 43.9 Å². The Bertz CT molecular complexity index is 1020. The van der Waals surface area contributed by atoms with Gasteiger partial charge in [-0.15, -0.1) is 0 Å². The summed E-state index contributed by atoms with van der Waals surface area (Å²) in [4.78, 5) is 20.7. The van der Waals surface area contributed by atoms with Crippen molar-refractivity contribution < 1.29 is 19.0 Å². The summed E-state index contributed by atoms with van der Waals surface area (Å²) in [5, 5.41) is 7.78. The smallest absolute Gasteiger partial charge is 0.317 e. The van der Waals surface area contributed by atoms with Crippen molar-refractivity contribution in [2.75, 3.05) is 57.7 Å². The van der Waals surface area contributed by atoms with Crippen molar-refractivity contribution in [2.45, 2.75) is 38.0 Å². The average molecular weight is 458 g/mol. The van der Waals surface area contributed by atoms with E-state index in [-0.39, 0.29) is 18.2 Å². The summed E-state index contributed by atoms with van der Waals surface area (Å²) in [7, 11) is 3.59. The Hall–Kier alpha value is -3.05. The van der Waals surface area contributed by atoms with Crippen molar-refractivity contribution in [1.82, 2.24) is 25.0 Å². The van der Waals surface area contributed by atoms with Gasteiger partial charge in [0.05, 0.1) is 37.7 Å². The normalized spacial score (nSPS) is 19.0. The number of nitrogen functional groups attached to an aromatic ring is 1. The van der Waals surface area contributed by atoms with Gasteiger partial charge in [-0.05, 0) is 12.8 Å². The van der Waals surface area contributed by atoms with Crippen LogP contribution in [0.4, 0.5) is 22.1 Å². The lowest BCUT2D eigenvalue weighted by Gasteiger charge is -2.30. The molecular formula is C22H31N7O4. The van der Waals surface area contributed by atoms with Crippen molar-refractivity contribution >= 4 is 23.4 Å². The molecule has 0 bridgehead atoms. The molecule has 2 aromatic heterocycles. The first-order valence-electron chi connectivity index (χ1n) is 11.4. The second kappa shape index (κ2) is 9.06. The van der Waals surface area contributed by atoms with Crippen LogP contribution in [0.25, 0.3) is 0 Å². The van der Waals surface area contributed by atoms with Crippen LogP contribution in [-0.2, 0) is 22.4 Å². The highest BCUT2D eigenvalue weighted by Gasteiger charge is 2.32. The van der Waals surface area contributed by atoms with Crippen LogP contribution in [0.2, 0.25) is 0 Å². The molecule has 2 aromatic rings. The number of nitrogens with one attached hydrogen (secondary N) is 1. The number of fused-ring (bicyclic) bond motifs is 1. The predicted molar refractivity (Wildman–Crippen MR) is 122 cm³/mol. The van der Waals surface area contributed by atoms with Gasteiger partial charge >= 0.3 is 6.03 Å². The Labute approximate surface area is 192 Å². The third kappa shape index (κ3) is 4.18. The van der Waals surface area contributed by atoms with Crippen LogP contribution in [0, 0.1) is 0 Å². The zero-order valence-electron chi connectivity index (χ0n) is 19.1. The molecule has 11 nitrogen and oxygen atoms in total. The van der Waals surface area contributed by atoms with Gasteiger partial charge in [0.1, 0.15) is 17.7 Å². The number of hydrogen-bond acceptors (Lipinski definition) is 8. The Kier molecular flexibility index (Phi) is 5.98. The van der Waals surface area contributed by atoms with Gasteiger partial charge in [-0.2, -0.15) is 5.10 Å². The molecule has 3 aliphatic rings. The summed E-state index contributed by atoms with van der Waals surface area (Å²) < 4.78 is 18.9. The predicted octanol–water partition coefficient (Wildman–Crippen LogP) is 1.45. The molecule has 178 valence electrons. The fourth-order valence-electron chi connectivity index (χ4n) is 4.55. The second-order valence-electron chi connectivity index (χ2n) is 8.68. The number of ether oxygens (including phenoxy) is 3. The van der Waals surface area contributed by atoms with Crippen LogP contribution in [0.15, 0.2) is 12.3 Å². The molecule has 0 atom stereocenters. The number of anilines is 3. The second-order valence-corrected chi connectivity index (χ2v) is 8.68. The minimum atomic E-state index is -0.0860. The molecule has 5 rings (SSSR count). The van der Waals surface area contributed by atoms with E-state index >= 15 is 0 Å². The monoisotopic (exact) mass is 457 g/mol. The molecular weight excluding hydrogens is 426 g/mol. The molecule has 0 aliphatic carbocycles. The molecule has 0 aromatic carbocycles. The molecule has 2 saturated heterocycles. The van der Waals surface area contributed by atoms with E-state index in [2.05, 4.69) is 15.0 Å². The minimum Gasteiger partial charge on any atom is -0.483 e. The highest BCUT2D eigenvalue weighted by atomic mass is 16.6. The summed E-state index contributed by atoms with van der Waals surface area (Å²) >= 11 is 0. The Morgan fingerprint density at radius 3 is 2.79 bits per heavy atom. The number of nitrogens with zero attached hydrogens (tertiary/aromatic N) is 5. The summed E-state index contributed by atoms with van der Waals surface area (Å²) in [6.07, 6.45) is 4.23. The molecule has 5 heterocycles. The SMILES string of the molecule is CNC(=O)N1CCc2c(c(N(C)c3cc(OC4COC4)c(N)cn3)nn2C2CCOCC2)C1. The summed E-state index contributed by atoms with van der Waals surface area (Å²) in [5.74, 6) is 2.06. The quantitative estimate of drug-likeness (QED) is 0.692. The van der Waals surface area contributed by atoms with Gasteiger partial charge < -0.3 is 35.1 Å². The number of amides is 2. The van der Waals surface area contributed by atoms with Gasteiger partial charge in [-0.3, -0.25) is 4.68 Å². The molecule has 0 radical (unpaired) electrons. The van der Waals surface area contributed by atoms with Gasteiger partial charge in [0, 0.05) is 57.6 Å². The first-order valence-corrected chi connectivity index (χ1v) is 11.4. The highest BCUT2D eigenvalue weighted by molar-refractivity contribution is 5.75. The van der Waals surface area contributed by atoms with Crippen molar-refractivity contribution in [3.8, 4) is 5.75 Å². The van der Waals surface area contributed by atoms with Crippen LogP contribution in [-0.4, -0.2) is 78.9 Å². The molecule has 3 aliphatic heterocycles. The lowest BCUT2D eigenvalue weighted by molar-refractivity contribution is -0.0793. The molecule has 2 amide bonds. The zero-order chi connectivity index (χ0) is 22.9. The van der Waals surface area contributed by atoms with Crippen molar-refractivity contribution in [3.05, 3.63) is 23.5 Å². The van der Waals surface area contributed by atoms with Crippen LogP contribution in [0.3, 0.4) is 0 Å². The fraction of sp³-hybridized carbons (Fsp3) is 0.591. The molecule has 3 N–H and O–H groups in total. The Morgan fingerprint density at radius 2 is 2.09 bits per heavy atom. The van der Waals surface area contributed by atoms with E-state index in [1.165, 1.54) is 5.69 Å². The van der Waals surface area contributed by atoms with E-state index in [9.17, 15) is 4.79 Å². The number of pyridine rings is 1. The standard InChI is InChI=1S/C22H31N7O4/c1-24-22(30)28-6-3-18-16(11-28)21(26-29(18)14-4-7-31-8-5-14)27(2)20-9-19(17(23)10-25-20)33-15-12-32-13-15/h9-10,14-15H,3-8,11-13,23H2,1-2H3,(H,24,30). The summed E-state index contributed by atoms with van der Waals surface area (Å²) in [6.45, 7) is 3.75. The summed E-state index contributed by atoms with van der Waals surface area (Å²) in [5.41, 5.74) is 8.82. The number of nitrogens with two attached hydrogens (primary N) is 1. The lowest BCUT2D eigenvalue weighted by atomic mass is 10.0. The van der Waals surface area contributed by atoms with Gasteiger partial charge in [0.15, 0.2) is 5.82 Å². The average Bonchev–Trinajstić information content (AvgIpc) is 3.20. The summed E-state index contributed by atoms with van der Waals surface area (Å²) in [6, 6.07) is 2.04. The van der Waals surface area contributed by atoms with E-state index in [1.54, 1.807) is 13.2 Å². The maximum Gasteiger partial charge on any atom is 0.317 e. The van der Waals surface area contributed by atoms with Crippen molar-refractivity contribution in [1.29, 1.82) is 0 Å². The van der Waals surface area contributed by atoms with E-state index in [4.69, 9.17) is 25.0 Å². The van der Waals surface area contributed by atoms with E-state index in [0.29, 0.717) is 43.6 Å². The maximum absolute atomic E-state index is 12.4. The first kappa shape index (κ1) is 21.8. The first-order chi connectivity index (χ1) is 16.0. The molecule has 0 spiro atoms. The molecule has 0 saturated carbocycles. The Balaban J connectivity index is 1.49. The topological polar surface area (TPSA) is 120 Å². The molecule has 2 fully saturated rings. The molecule has 33 heavy (non-hydrogen) atoms. The van der Waals surface area contributed by atoms with Gasteiger partial charge in [0.2, 0.25) is 0 Å². The minimum absolute atomic E-state index is 0.00876. The Morgan fingerprint density at radius 1 is 1.30 bits per heavy atom. The number of urea groups is 1. The highest BCUT2D eigenvalue weighted by Crippen LogP contribution is 2.36. The van der Waals surface area contributed by atoms with E-state index < -0.39 is 0 Å². The largest absolute Gasteiger partial charge is 0.483 e. The van der Waals surface area contributed by atoms with Gasteiger partial charge in [0.25, 0.3) is 0 Å². The number of aromatic nitrogens is 3. The maximum atomic E-state index is 12.4. The molecule has 11 heteroatoms. The number of carbonyl (C=O) groups is 1. The van der Waals surface area contributed by atoms with Crippen molar-refractivity contribution in [3.63, 3.8) is 0 Å². The fourth-order valence-corrected chi connectivity index (χ4v) is 4.55. The van der Waals surface area contributed by atoms with Crippen LogP contribution in [0.1, 0.15) is 30.1 Å². The number of hydrogen-bond donors (Lipinski definition) is 2. The third-order valence-electron chi connectivity index (χ3n) is 6.55. The molecule has 0 unspecified atom stereocenters. The van der Waals surface area contributed by atoms with E-state index in [1.807, 2.05) is 22.9 Å². The van der Waals surface area contributed by atoms with Gasteiger partial charge in [-0.1, -0.05) is 0 Å².